The molecule has 1 aromatic rings. The second-order valence-corrected chi connectivity index (χ2v) is 4.94. The molecule has 6 nitrogen and oxygen atoms in total. The van der Waals surface area contributed by atoms with Crippen LogP contribution in [0.4, 0.5) is 18.9 Å². The molecule has 118 valence electrons. The molecular weight excluding hydrogens is 313 g/mol. The summed E-state index contributed by atoms with van der Waals surface area (Å²) in [6, 6.07) is 0.0347. The van der Waals surface area contributed by atoms with Gasteiger partial charge in [-0.05, 0) is 0 Å². The normalized spacial score (nSPS) is 19.5. The fourth-order valence-electron chi connectivity index (χ4n) is 1.85. The summed E-state index contributed by atoms with van der Waals surface area (Å²) in [6.45, 7) is 0.801. The quantitative estimate of drug-likeness (QED) is 0.859. The molecule has 2 N–H and O–H groups in total. The number of nitrogens with zero attached hydrogens (tertiary/aromatic N) is 2. The van der Waals surface area contributed by atoms with Crippen LogP contribution >= 0.6 is 11.6 Å². The summed E-state index contributed by atoms with van der Waals surface area (Å²) in [4.78, 5) is 11.7. The molecule has 1 atom stereocenters. The Hall–Kier alpha value is -1.32. The van der Waals surface area contributed by atoms with E-state index in [-0.39, 0.29) is 21.4 Å². The lowest BCUT2D eigenvalue weighted by Crippen LogP contribution is -2.45. The van der Waals surface area contributed by atoms with Crippen molar-refractivity contribution >= 4 is 17.3 Å². The van der Waals surface area contributed by atoms with Crippen LogP contribution in [0.25, 0.3) is 0 Å². The summed E-state index contributed by atoms with van der Waals surface area (Å²) in [5, 5.41) is 9.22. The van der Waals surface area contributed by atoms with Crippen LogP contribution in [-0.4, -0.2) is 48.3 Å². The molecule has 2 heterocycles. The number of anilines is 1. The standard InChI is InChI=1S/C11H14ClF3N4O2/c12-9-8(17-3-7-5-21-2-1-16-7)4-18-19(10(9)20)6-11(13,14)15/h4,7,16-17H,1-3,5-6H2. The van der Waals surface area contributed by atoms with Crippen LogP contribution in [-0.2, 0) is 11.3 Å². The Bertz CT molecular complexity index is 543. The number of alkyl halides is 3. The Morgan fingerprint density at radius 2 is 2.33 bits per heavy atom. The molecule has 0 bridgehead atoms. The summed E-state index contributed by atoms with van der Waals surface area (Å²) in [5.74, 6) is 0. The maximum absolute atomic E-state index is 12.3. The monoisotopic (exact) mass is 326 g/mol. The molecule has 1 unspecified atom stereocenters. The van der Waals surface area contributed by atoms with Crippen molar-refractivity contribution in [1.82, 2.24) is 15.1 Å². The van der Waals surface area contributed by atoms with Crippen molar-refractivity contribution in [3.63, 3.8) is 0 Å². The molecule has 0 aromatic carbocycles. The van der Waals surface area contributed by atoms with Gasteiger partial charge >= 0.3 is 6.18 Å². The van der Waals surface area contributed by atoms with Crippen molar-refractivity contribution in [2.75, 3.05) is 31.6 Å². The van der Waals surface area contributed by atoms with Crippen molar-refractivity contribution in [1.29, 1.82) is 0 Å². The van der Waals surface area contributed by atoms with Crippen LogP contribution in [0, 0.1) is 0 Å². The maximum atomic E-state index is 12.3. The molecule has 1 fully saturated rings. The van der Waals surface area contributed by atoms with Gasteiger partial charge in [-0.15, -0.1) is 0 Å². The lowest BCUT2D eigenvalue weighted by molar-refractivity contribution is -0.143. The smallest absolute Gasteiger partial charge is 0.381 e. The predicted molar refractivity (Wildman–Crippen MR) is 70.7 cm³/mol. The Balaban J connectivity index is 2.04. The molecule has 0 spiro atoms. The number of aromatic nitrogens is 2. The molecule has 1 saturated heterocycles. The number of nitrogens with one attached hydrogen (secondary N) is 2. The number of morpholine rings is 1. The Kier molecular flexibility index (Phi) is 5.07. The van der Waals surface area contributed by atoms with E-state index >= 15 is 0 Å². The summed E-state index contributed by atoms with van der Waals surface area (Å²) >= 11 is 5.79. The zero-order valence-corrected chi connectivity index (χ0v) is 11.7. The van der Waals surface area contributed by atoms with Gasteiger partial charge in [-0.3, -0.25) is 4.79 Å². The number of hydrogen-bond acceptors (Lipinski definition) is 5. The molecule has 21 heavy (non-hydrogen) atoms. The van der Waals surface area contributed by atoms with Gasteiger partial charge in [0.15, 0.2) is 0 Å². The largest absolute Gasteiger partial charge is 0.408 e. The van der Waals surface area contributed by atoms with E-state index in [9.17, 15) is 18.0 Å². The fourth-order valence-corrected chi connectivity index (χ4v) is 2.07. The van der Waals surface area contributed by atoms with Crippen LogP contribution in [0.1, 0.15) is 0 Å². The van der Waals surface area contributed by atoms with Crippen LogP contribution < -0.4 is 16.2 Å². The van der Waals surface area contributed by atoms with Gasteiger partial charge in [-0.25, -0.2) is 4.68 Å². The molecule has 1 aliphatic rings. The van der Waals surface area contributed by atoms with Crippen molar-refractivity contribution in [2.45, 2.75) is 18.8 Å². The van der Waals surface area contributed by atoms with Crippen LogP contribution in [0.3, 0.4) is 0 Å². The Labute approximate surface area is 123 Å². The second-order valence-electron chi connectivity index (χ2n) is 4.56. The number of ether oxygens (including phenoxy) is 1. The average molecular weight is 327 g/mol. The second kappa shape index (κ2) is 6.63. The highest BCUT2D eigenvalue weighted by atomic mass is 35.5. The molecule has 2 rings (SSSR count). The molecule has 0 radical (unpaired) electrons. The zero-order valence-electron chi connectivity index (χ0n) is 10.9. The van der Waals surface area contributed by atoms with Crippen molar-refractivity contribution in [3.05, 3.63) is 21.6 Å². The van der Waals surface area contributed by atoms with Gasteiger partial charge < -0.3 is 15.4 Å². The first-order valence-electron chi connectivity index (χ1n) is 6.24. The third-order valence-corrected chi connectivity index (χ3v) is 3.22. The van der Waals surface area contributed by atoms with Crippen molar-refractivity contribution in [2.24, 2.45) is 0 Å². The van der Waals surface area contributed by atoms with E-state index in [1.165, 1.54) is 0 Å². The highest BCUT2D eigenvalue weighted by Gasteiger charge is 2.29. The minimum Gasteiger partial charge on any atom is -0.381 e. The number of halogens is 4. The average Bonchev–Trinajstić information content (AvgIpc) is 2.43. The van der Waals surface area contributed by atoms with Gasteiger partial charge in [0.25, 0.3) is 5.56 Å². The first kappa shape index (κ1) is 16.1. The number of hydrogen-bond donors (Lipinski definition) is 2. The van der Waals surface area contributed by atoms with Gasteiger partial charge in [0, 0.05) is 19.1 Å². The first-order chi connectivity index (χ1) is 9.87. The summed E-state index contributed by atoms with van der Waals surface area (Å²) < 4.78 is 42.3. The summed E-state index contributed by atoms with van der Waals surface area (Å²) in [5.41, 5.74) is -0.778. The summed E-state index contributed by atoms with van der Waals surface area (Å²) in [7, 11) is 0. The fraction of sp³-hybridized carbons (Fsp3) is 0.636. The molecule has 0 amide bonds. The molecular formula is C11H14ClF3N4O2. The number of rotatable bonds is 4. The van der Waals surface area contributed by atoms with E-state index in [2.05, 4.69) is 15.7 Å². The van der Waals surface area contributed by atoms with E-state index in [1.807, 2.05) is 0 Å². The Morgan fingerprint density at radius 1 is 1.57 bits per heavy atom. The van der Waals surface area contributed by atoms with Crippen LogP contribution in [0.15, 0.2) is 11.0 Å². The molecule has 0 aliphatic carbocycles. The predicted octanol–water partition coefficient (Wildman–Crippen LogP) is 0.859. The van der Waals surface area contributed by atoms with Gasteiger partial charge in [-0.1, -0.05) is 11.6 Å². The van der Waals surface area contributed by atoms with E-state index in [1.54, 1.807) is 0 Å². The van der Waals surface area contributed by atoms with Crippen LogP contribution in [0.2, 0.25) is 5.02 Å². The minimum absolute atomic E-state index is 0.0347. The minimum atomic E-state index is -4.53. The SMILES string of the molecule is O=c1c(Cl)c(NCC2COCCN2)cnn1CC(F)(F)F. The first-order valence-corrected chi connectivity index (χ1v) is 6.62. The summed E-state index contributed by atoms with van der Waals surface area (Å²) in [6.07, 6.45) is -3.42. The van der Waals surface area contributed by atoms with E-state index in [4.69, 9.17) is 16.3 Å². The topological polar surface area (TPSA) is 68.2 Å². The highest BCUT2D eigenvalue weighted by molar-refractivity contribution is 6.32. The third-order valence-electron chi connectivity index (χ3n) is 2.85. The van der Waals surface area contributed by atoms with E-state index in [0.29, 0.717) is 26.3 Å². The maximum Gasteiger partial charge on any atom is 0.408 e. The zero-order chi connectivity index (χ0) is 15.5. The lowest BCUT2D eigenvalue weighted by atomic mass is 10.2. The Morgan fingerprint density at radius 3 is 2.95 bits per heavy atom. The van der Waals surface area contributed by atoms with E-state index in [0.717, 1.165) is 6.20 Å². The van der Waals surface area contributed by atoms with Gasteiger partial charge in [-0.2, -0.15) is 18.3 Å². The molecule has 10 heteroatoms. The van der Waals surface area contributed by atoms with Crippen LogP contribution in [0.5, 0.6) is 0 Å². The van der Waals surface area contributed by atoms with Gasteiger partial charge in [0.2, 0.25) is 0 Å². The van der Waals surface area contributed by atoms with Crippen molar-refractivity contribution in [3.8, 4) is 0 Å². The van der Waals surface area contributed by atoms with Gasteiger partial charge in [0.1, 0.15) is 11.6 Å². The van der Waals surface area contributed by atoms with Gasteiger partial charge in [0.05, 0.1) is 25.1 Å². The van der Waals surface area contributed by atoms with E-state index < -0.39 is 18.3 Å². The molecule has 1 aliphatic heterocycles. The highest BCUT2D eigenvalue weighted by Crippen LogP contribution is 2.19. The molecule has 0 saturated carbocycles. The molecule has 1 aromatic heterocycles. The van der Waals surface area contributed by atoms with Crippen molar-refractivity contribution < 1.29 is 17.9 Å². The third kappa shape index (κ3) is 4.58. The lowest BCUT2D eigenvalue weighted by Gasteiger charge is -2.24.